The van der Waals surface area contributed by atoms with E-state index in [-0.39, 0.29) is 44.2 Å². The molecule has 1 fully saturated rings. The topological polar surface area (TPSA) is 90.9 Å². The van der Waals surface area contributed by atoms with E-state index in [0.29, 0.717) is 44.1 Å². The number of anilines is 2. The Labute approximate surface area is 282 Å². The molecule has 2 aromatic carbocycles. The Morgan fingerprint density at radius 1 is 0.681 bits per heavy atom. The molecule has 10 heteroatoms. The molecule has 0 saturated carbocycles. The van der Waals surface area contributed by atoms with Gasteiger partial charge in [-0.3, -0.25) is 9.69 Å². The van der Waals surface area contributed by atoms with E-state index >= 15 is 0 Å². The molecule has 0 aliphatic carbocycles. The van der Waals surface area contributed by atoms with Crippen molar-refractivity contribution in [1.82, 2.24) is 24.5 Å². The van der Waals surface area contributed by atoms with Crippen molar-refractivity contribution in [3.63, 3.8) is 0 Å². The molecule has 2 aromatic rings. The molecule has 1 saturated heterocycles. The van der Waals surface area contributed by atoms with Gasteiger partial charge in [-0.2, -0.15) is 0 Å². The SMILES string of the molecule is CCCCCN(CCCCC)C(=O)N1CCN(C(=O)N(c2ccccc2)c2ccccc2)C(C(=O)N(CCO)CCN(CC)CC)C1. The highest BCUT2D eigenvalue weighted by Crippen LogP contribution is 2.28. The molecule has 47 heavy (non-hydrogen) atoms. The quantitative estimate of drug-likeness (QED) is 0.203. The number of aliphatic hydroxyl groups is 1. The fraction of sp³-hybridized carbons (Fsp3) is 0.595. The van der Waals surface area contributed by atoms with E-state index in [0.717, 1.165) is 51.6 Å². The predicted octanol–water partition coefficient (Wildman–Crippen LogP) is 5.90. The van der Waals surface area contributed by atoms with Gasteiger partial charge < -0.3 is 29.6 Å². The Bertz CT molecular complexity index is 1150. The third kappa shape index (κ3) is 11.0. The summed E-state index contributed by atoms with van der Waals surface area (Å²) in [5.74, 6) is -0.248. The van der Waals surface area contributed by atoms with Gasteiger partial charge in [0.25, 0.3) is 0 Å². The van der Waals surface area contributed by atoms with Gasteiger partial charge in [0.15, 0.2) is 0 Å². The minimum atomic E-state index is -0.897. The van der Waals surface area contributed by atoms with Gasteiger partial charge in [-0.05, 0) is 50.2 Å². The van der Waals surface area contributed by atoms with Crippen LogP contribution in [-0.4, -0.2) is 126 Å². The summed E-state index contributed by atoms with van der Waals surface area (Å²) in [6.07, 6.45) is 6.13. The van der Waals surface area contributed by atoms with Gasteiger partial charge in [0, 0.05) is 45.8 Å². The molecule has 1 N–H and O–H groups in total. The van der Waals surface area contributed by atoms with E-state index in [1.54, 1.807) is 19.6 Å². The Hall–Kier alpha value is -3.63. The number of carbonyl (C=O) groups excluding carboxylic acids is 3. The molecule has 1 aliphatic rings. The summed E-state index contributed by atoms with van der Waals surface area (Å²) in [6, 6.07) is 17.6. The van der Waals surface area contributed by atoms with Crippen molar-refractivity contribution in [3.8, 4) is 0 Å². The summed E-state index contributed by atoms with van der Waals surface area (Å²) in [4.78, 5) is 54.0. The summed E-state index contributed by atoms with van der Waals surface area (Å²) in [6.45, 7) is 13.3. The van der Waals surface area contributed by atoms with E-state index < -0.39 is 6.04 Å². The highest BCUT2D eigenvalue weighted by Gasteiger charge is 2.41. The Morgan fingerprint density at radius 2 is 1.23 bits per heavy atom. The molecule has 5 amide bonds. The van der Waals surface area contributed by atoms with Crippen molar-refractivity contribution < 1.29 is 19.5 Å². The Balaban J connectivity index is 1.97. The van der Waals surface area contributed by atoms with Crippen LogP contribution in [0.5, 0.6) is 0 Å². The van der Waals surface area contributed by atoms with E-state index in [1.165, 1.54) is 0 Å². The van der Waals surface area contributed by atoms with Gasteiger partial charge in [0.1, 0.15) is 6.04 Å². The zero-order valence-corrected chi connectivity index (χ0v) is 29.2. The number of amides is 5. The standard InChI is InChI=1S/C37H58N6O4/c1-5-9-17-23-40(24-18-10-6-2)36(46)41-27-28-42(34(31-41)35(45)39(29-30-44)26-25-38(7-3)8-4)37(47)43(32-19-13-11-14-20-32)33-21-15-12-16-22-33/h11-16,19-22,34,44H,5-10,17-18,23-31H2,1-4H3. The maximum absolute atomic E-state index is 14.6. The third-order valence-electron chi connectivity index (χ3n) is 9.00. The van der Waals surface area contributed by atoms with Gasteiger partial charge in [-0.1, -0.05) is 89.8 Å². The highest BCUT2D eigenvalue weighted by molar-refractivity contribution is 6.01. The normalized spacial score (nSPS) is 14.7. The van der Waals surface area contributed by atoms with Crippen LogP contribution in [0.25, 0.3) is 0 Å². The smallest absolute Gasteiger partial charge is 0.329 e. The summed E-state index contributed by atoms with van der Waals surface area (Å²) in [7, 11) is 0. The summed E-state index contributed by atoms with van der Waals surface area (Å²) in [5.41, 5.74) is 1.39. The molecule has 1 aliphatic heterocycles. The average Bonchev–Trinajstić information content (AvgIpc) is 3.11. The van der Waals surface area contributed by atoms with Crippen molar-refractivity contribution in [2.45, 2.75) is 72.3 Å². The first-order chi connectivity index (χ1) is 22.9. The van der Waals surface area contributed by atoms with Gasteiger partial charge in [-0.15, -0.1) is 0 Å². The minimum Gasteiger partial charge on any atom is -0.395 e. The lowest BCUT2D eigenvalue weighted by molar-refractivity contribution is -0.138. The van der Waals surface area contributed by atoms with E-state index in [2.05, 4.69) is 32.6 Å². The van der Waals surface area contributed by atoms with Crippen LogP contribution in [0.4, 0.5) is 21.0 Å². The van der Waals surface area contributed by atoms with Crippen LogP contribution in [0, 0.1) is 0 Å². The van der Waals surface area contributed by atoms with Gasteiger partial charge in [0.05, 0.1) is 24.5 Å². The molecule has 1 atom stereocenters. The minimum absolute atomic E-state index is 0.0677. The van der Waals surface area contributed by atoms with Crippen molar-refractivity contribution in [1.29, 1.82) is 0 Å². The van der Waals surface area contributed by atoms with Crippen LogP contribution in [-0.2, 0) is 4.79 Å². The number of hydrogen-bond acceptors (Lipinski definition) is 5. The van der Waals surface area contributed by atoms with Crippen LogP contribution in [0.2, 0.25) is 0 Å². The molecule has 1 unspecified atom stereocenters. The largest absolute Gasteiger partial charge is 0.395 e. The Kier molecular flexibility index (Phi) is 16.6. The zero-order chi connectivity index (χ0) is 34.0. The molecule has 10 nitrogen and oxygen atoms in total. The number of piperazine rings is 1. The van der Waals surface area contributed by atoms with Gasteiger partial charge >= 0.3 is 12.1 Å². The number of likely N-dealkylation sites (N-methyl/N-ethyl adjacent to an activating group) is 1. The predicted molar refractivity (Wildman–Crippen MR) is 190 cm³/mol. The highest BCUT2D eigenvalue weighted by atomic mass is 16.3. The van der Waals surface area contributed by atoms with Crippen molar-refractivity contribution >= 4 is 29.3 Å². The second-order valence-corrected chi connectivity index (χ2v) is 12.2. The summed E-state index contributed by atoms with van der Waals surface area (Å²) >= 11 is 0. The maximum Gasteiger partial charge on any atom is 0.329 e. The molecule has 0 radical (unpaired) electrons. The van der Waals surface area contributed by atoms with Crippen molar-refractivity contribution in [3.05, 3.63) is 60.7 Å². The van der Waals surface area contributed by atoms with Crippen LogP contribution in [0.15, 0.2) is 60.7 Å². The molecule has 0 bridgehead atoms. The first-order valence-corrected chi connectivity index (χ1v) is 17.8. The molecular weight excluding hydrogens is 592 g/mol. The van der Waals surface area contributed by atoms with Crippen molar-refractivity contribution in [2.75, 3.05) is 77.0 Å². The van der Waals surface area contributed by atoms with Crippen LogP contribution < -0.4 is 4.90 Å². The second-order valence-electron chi connectivity index (χ2n) is 12.2. The first kappa shape index (κ1) is 37.8. The molecular formula is C37H58N6O4. The van der Waals surface area contributed by atoms with Crippen LogP contribution in [0.3, 0.4) is 0 Å². The van der Waals surface area contributed by atoms with E-state index in [9.17, 15) is 19.5 Å². The number of hydrogen-bond donors (Lipinski definition) is 1. The average molecular weight is 651 g/mol. The molecule has 0 aromatic heterocycles. The lowest BCUT2D eigenvalue weighted by Crippen LogP contribution is -2.65. The van der Waals surface area contributed by atoms with Crippen molar-refractivity contribution in [2.24, 2.45) is 0 Å². The number of rotatable bonds is 18. The number of aliphatic hydroxyl groups excluding tert-OH is 1. The van der Waals surface area contributed by atoms with Crippen LogP contribution >= 0.6 is 0 Å². The lowest BCUT2D eigenvalue weighted by Gasteiger charge is -2.45. The fourth-order valence-electron chi connectivity index (χ4n) is 6.12. The molecule has 0 spiro atoms. The summed E-state index contributed by atoms with van der Waals surface area (Å²) in [5, 5.41) is 9.98. The van der Waals surface area contributed by atoms with E-state index in [4.69, 9.17) is 0 Å². The third-order valence-corrected chi connectivity index (χ3v) is 9.00. The van der Waals surface area contributed by atoms with Gasteiger partial charge in [0.2, 0.25) is 5.91 Å². The van der Waals surface area contributed by atoms with Crippen LogP contribution in [0.1, 0.15) is 66.2 Å². The fourth-order valence-corrected chi connectivity index (χ4v) is 6.12. The number of nitrogens with zero attached hydrogens (tertiary/aromatic N) is 6. The van der Waals surface area contributed by atoms with E-state index in [1.807, 2.05) is 65.6 Å². The number of para-hydroxylation sites is 2. The zero-order valence-electron chi connectivity index (χ0n) is 29.2. The summed E-state index contributed by atoms with van der Waals surface area (Å²) < 4.78 is 0. The maximum atomic E-state index is 14.6. The Morgan fingerprint density at radius 3 is 1.72 bits per heavy atom. The number of benzene rings is 2. The molecule has 1 heterocycles. The molecule has 3 rings (SSSR count). The first-order valence-electron chi connectivity index (χ1n) is 17.8. The monoisotopic (exact) mass is 650 g/mol. The van der Waals surface area contributed by atoms with Gasteiger partial charge in [-0.25, -0.2) is 9.59 Å². The second kappa shape index (κ2) is 20.6. The molecule has 260 valence electrons. The number of carbonyl (C=O) groups is 3. The lowest BCUT2D eigenvalue weighted by atomic mass is 10.1. The number of urea groups is 2. The number of unbranched alkanes of at least 4 members (excludes halogenated alkanes) is 4.